The minimum Gasteiger partial charge on any atom is -0.352 e. The molecule has 1 amide bonds. The summed E-state index contributed by atoms with van der Waals surface area (Å²) in [6.07, 6.45) is 0.251. The van der Waals surface area contributed by atoms with Gasteiger partial charge in [0.05, 0.1) is 6.54 Å². The Kier molecular flexibility index (Phi) is 5.63. The number of carbonyl (C=O) groups is 1. The number of amides is 1. The molecule has 1 aromatic heterocycles. The Labute approximate surface area is 154 Å². The Morgan fingerprint density at radius 3 is 2.60 bits per heavy atom. The minimum absolute atomic E-state index is 0.106. The van der Waals surface area contributed by atoms with E-state index in [1.165, 1.54) is 4.80 Å². The van der Waals surface area contributed by atoms with Gasteiger partial charge in [-0.3, -0.25) is 4.79 Å². The van der Waals surface area contributed by atoms with Gasteiger partial charge in [0.15, 0.2) is 0 Å². The number of rotatable bonds is 6. The lowest BCUT2D eigenvalue weighted by Gasteiger charge is -2.06. The average Bonchev–Trinajstić information content (AvgIpc) is 3.09. The molecule has 0 fully saturated rings. The molecule has 6 nitrogen and oxygen atoms in total. The number of hydrogen-bond acceptors (Lipinski definition) is 4. The molecule has 3 rings (SSSR count). The molecule has 2 aromatic carbocycles. The minimum atomic E-state index is -0.106. The average molecular weight is 376 g/mol. The van der Waals surface area contributed by atoms with E-state index in [9.17, 15) is 4.79 Å². The lowest BCUT2D eigenvalue weighted by Crippen LogP contribution is -2.24. The third-order valence-corrected chi connectivity index (χ3v) is 4.15. The number of carbonyl (C=O) groups excluding carboxylic acids is 1. The molecule has 0 aliphatic carbocycles. The number of tetrazole rings is 1. The number of hydrogen-bond donors (Lipinski definition) is 1. The Morgan fingerprint density at radius 2 is 1.84 bits per heavy atom. The molecule has 0 radical (unpaired) electrons. The number of nitrogens with one attached hydrogen (secondary N) is 1. The first kappa shape index (κ1) is 17.4. The fourth-order valence-corrected chi connectivity index (χ4v) is 2.51. The quantitative estimate of drug-likeness (QED) is 0.716. The van der Waals surface area contributed by atoms with Gasteiger partial charge in [-0.2, -0.15) is 4.80 Å². The van der Waals surface area contributed by atoms with Crippen molar-refractivity contribution in [2.45, 2.75) is 19.5 Å². The summed E-state index contributed by atoms with van der Waals surface area (Å²) in [6, 6.07) is 14.6. The van der Waals surface area contributed by atoms with E-state index in [1.807, 2.05) is 30.3 Å². The van der Waals surface area contributed by atoms with Crippen molar-refractivity contribution in [3.05, 3.63) is 64.1 Å². The van der Waals surface area contributed by atoms with Gasteiger partial charge in [0, 0.05) is 28.6 Å². The molecule has 128 valence electrons. The van der Waals surface area contributed by atoms with Crippen LogP contribution in [0.3, 0.4) is 0 Å². The zero-order chi connectivity index (χ0) is 17.6. The van der Waals surface area contributed by atoms with Crippen molar-refractivity contribution in [3.63, 3.8) is 0 Å². The summed E-state index contributed by atoms with van der Waals surface area (Å²) in [5.74, 6) is 0.387. The topological polar surface area (TPSA) is 72.7 Å². The van der Waals surface area contributed by atoms with E-state index >= 15 is 0 Å². The number of benzene rings is 2. The SMILES string of the molecule is O=C(CCn1nnc(-c2ccc(Cl)cc2)n1)NCc1ccccc1Cl. The van der Waals surface area contributed by atoms with Crippen LogP contribution in [0.5, 0.6) is 0 Å². The van der Waals surface area contributed by atoms with E-state index in [0.717, 1.165) is 11.1 Å². The number of nitrogens with zero attached hydrogens (tertiary/aromatic N) is 4. The summed E-state index contributed by atoms with van der Waals surface area (Å²) >= 11 is 11.9. The zero-order valence-corrected chi connectivity index (χ0v) is 14.7. The Bertz CT molecular complexity index is 863. The van der Waals surface area contributed by atoms with Gasteiger partial charge in [-0.25, -0.2) is 0 Å². The molecule has 1 N–H and O–H groups in total. The molecular formula is C17H15Cl2N5O. The van der Waals surface area contributed by atoms with Crippen LogP contribution in [0.25, 0.3) is 11.4 Å². The van der Waals surface area contributed by atoms with Crippen LogP contribution in [0.15, 0.2) is 48.5 Å². The van der Waals surface area contributed by atoms with Gasteiger partial charge >= 0.3 is 0 Å². The summed E-state index contributed by atoms with van der Waals surface area (Å²) < 4.78 is 0. The van der Waals surface area contributed by atoms with Crippen molar-refractivity contribution in [1.29, 1.82) is 0 Å². The van der Waals surface area contributed by atoms with E-state index in [0.29, 0.717) is 29.0 Å². The maximum absolute atomic E-state index is 12.0. The van der Waals surface area contributed by atoms with Crippen LogP contribution >= 0.6 is 23.2 Å². The van der Waals surface area contributed by atoms with Crippen LogP contribution in [-0.2, 0) is 17.9 Å². The second-order valence-electron chi connectivity index (χ2n) is 5.33. The van der Waals surface area contributed by atoms with E-state index in [1.54, 1.807) is 18.2 Å². The van der Waals surface area contributed by atoms with Gasteiger partial charge in [-0.15, -0.1) is 10.2 Å². The van der Waals surface area contributed by atoms with Crippen molar-refractivity contribution < 1.29 is 4.79 Å². The highest BCUT2D eigenvalue weighted by Crippen LogP contribution is 2.17. The largest absolute Gasteiger partial charge is 0.352 e. The fraction of sp³-hybridized carbons (Fsp3) is 0.176. The van der Waals surface area contributed by atoms with Crippen molar-refractivity contribution in [1.82, 2.24) is 25.5 Å². The lowest BCUT2D eigenvalue weighted by atomic mass is 10.2. The predicted molar refractivity (Wildman–Crippen MR) is 96.2 cm³/mol. The van der Waals surface area contributed by atoms with Crippen LogP contribution in [0.1, 0.15) is 12.0 Å². The van der Waals surface area contributed by atoms with Crippen LogP contribution in [0.2, 0.25) is 10.0 Å². The molecule has 8 heteroatoms. The second kappa shape index (κ2) is 8.09. The molecule has 0 spiro atoms. The maximum atomic E-state index is 12.0. The second-order valence-corrected chi connectivity index (χ2v) is 6.18. The van der Waals surface area contributed by atoms with Gasteiger partial charge < -0.3 is 5.32 Å². The van der Waals surface area contributed by atoms with Gasteiger partial charge in [0.1, 0.15) is 0 Å². The van der Waals surface area contributed by atoms with Gasteiger partial charge in [0.2, 0.25) is 11.7 Å². The summed E-state index contributed by atoms with van der Waals surface area (Å²) in [5.41, 5.74) is 1.69. The van der Waals surface area contributed by atoms with Gasteiger partial charge in [-0.1, -0.05) is 41.4 Å². The normalized spacial score (nSPS) is 10.6. The molecular weight excluding hydrogens is 361 g/mol. The molecule has 0 atom stereocenters. The van der Waals surface area contributed by atoms with E-state index in [4.69, 9.17) is 23.2 Å². The molecule has 1 heterocycles. The first-order chi connectivity index (χ1) is 12.1. The third-order valence-electron chi connectivity index (χ3n) is 3.53. The molecule has 25 heavy (non-hydrogen) atoms. The smallest absolute Gasteiger partial charge is 0.222 e. The Morgan fingerprint density at radius 1 is 1.08 bits per heavy atom. The van der Waals surface area contributed by atoms with E-state index < -0.39 is 0 Å². The van der Waals surface area contributed by atoms with Crippen molar-refractivity contribution in [2.24, 2.45) is 0 Å². The van der Waals surface area contributed by atoms with Crippen LogP contribution < -0.4 is 5.32 Å². The molecule has 0 unspecified atom stereocenters. The molecule has 0 bridgehead atoms. The Balaban J connectivity index is 1.51. The van der Waals surface area contributed by atoms with Crippen molar-refractivity contribution >= 4 is 29.1 Å². The van der Waals surface area contributed by atoms with Crippen molar-refractivity contribution in [2.75, 3.05) is 0 Å². The summed E-state index contributed by atoms with van der Waals surface area (Å²) in [6.45, 7) is 0.730. The highest BCUT2D eigenvalue weighted by molar-refractivity contribution is 6.31. The highest BCUT2D eigenvalue weighted by atomic mass is 35.5. The molecule has 0 aliphatic heterocycles. The monoisotopic (exact) mass is 375 g/mol. The summed E-state index contributed by atoms with van der Waals surface area (Å²) in [4.78, 5) is 13.4. The third kappa shape index (κ3) is 4.78. The van der Waals surface area contributed by atoms with Crippen LogP contribution in [0, 0.1) is 0 Å². The summed E-state index contributed by atoms with van der Waals surface area (Å²) in [5, 5.41) is 16.3. The molecule has 0 saturated heterocycles. The predicted octanol–water partition coefficient (Wildman–Crippen LogP) is 3.35. The van der Waals surface area contributed by atoms with Crippen molar-refractivity contribution in [3.8, 4) is 11.4 Å². The van der Waals surface area contributed by atoms with Crippen LogP contribution in [0.4, 0.5) is 0 Å². The molecule has 0 aliphatic rings. The van der Waals surface area contributed by atoms with Crippen LogP contribution in [-0.4, -0.2) is 26.1 Å². The van der Waals surface area contributed by atoms with E-state index in [2.05, 4.69) is 20.7 Å². The highest BCUT2D eigenvalue weighted by Gasteiger charge is 2.08. The maximum Gasteiger partial charge on any atom is 0.222 e. The van der Waals surface area contributed by atoms with Gasteiger partial charge in [0.25, 0.3) is 0 Å². The van der Waals surface area contributed by atoms with E-state index in [-0.39, 0.29) is 12.3 Å². The molecule has 3 aromatic rings. The first-order valence-corrected chi connectivity index (χ1v) is 8.41. The fourth-order valence-electron chi connectivity index (χ4n) is 2.18. The number of aromatic nitrogens is 4. The summed E-state index contributed by atoms with van der Waals surface area (Å²) in [7, 11) is 0. The number of aryl methyl sites for hydroxylation is 1. The number of halogens is 2. The Hall–Kier alpha value is -2.44. The first-order valence-electron chi connectivity index (χ1n) is 7.65. The standard InChI is InChI=1S/C17H15Cl2N5O/c18-14-7-5-12(6-8-14)17-21-23-24(22-17)10-9-16(25)20-11-13-3-1-2-4-15(13)19/h1-8H,9-11H2,(H,20,25). The molecule has 0 saturated carbocycles. The zero-order valence-electron chi connectivity index (χ0n) is 13.2. The lowest BCUT2D eigenvalue weighted by molar-refractivity contribution is -0.121. The van der Waals surface area contributed by atoms with Gasteiger partial charge in [-0.05, 0) is 41.1 Å².